The van der Waals surface area contributed by atoms with Crippen LogP contribution in [-0.4, -0.2) is 32.6 Å². The summed E-state index contributed by atoms with van der Waals surface area (Å²) in [6, 6.07) is 12.0. The van der Waals surface area contributed by atoms with Gasteiger partial charge >= 0.3 is 0 Å². The minimum atomic E-state index is -0.453. The summed E-state index contributed by atoms with van der Waals surface area (Å²) in [5.41, 5.74) is 5.89. The van der Waals surface area contributed by atoms with Crippen LogP contribution in [0.15, 0.2) is 42.5 Å². The zero-order chi connectivity index (χ0) is 18.9. The van der Waals surface area contributed by atoms with E-state index in [9.17, 15) is 9.59 Å². The van der Waals surface area contributed by atoms with Gasteiger partial charge in [0.15, 0.2) is 11.5 Å². The summed E-state index contributed by atoms with van der Waals surface area (Å²) in [5.74, 6) is 0.867. The van der Waals surface area contributed by atoms with Gasteiger partial charge in [-0.3, -0.25) is 20.4 Å². The molecule has 0 radical (unpaired) electrons. The van der Waals surface area contributed by atoms with Crippen molar-refractivity contribution in [2.75, 3.05) is 20.8 Å². The molecule has 138 valence electrons. The van der Waals surface area contributed by atoms with Gasteiger partial charge < -0.3 is 14.2 Å². The fraction of sp³-hybridized carbons (Fsp3) is 0.263. The molecule has 26 heavy (non-hydrogen) atoms. The summed E-state index contributed by atoms with van der Waals surface area (Å²) in [7, 11) is 3.06. The molecule has 2 N–H and O–H groups in total. The van der Waals surface area contributed by atoms with Gasteiger partial charge in [-0.15, -0.1) is 0 Å². The zero-order valence-electron chi connectivity index (χ0n) is 15.0. The number of nitrogens with one attached hydrogen (secondary N) is 2. The Morgan fingerprint density at radius 1 is 0.962 bits per heavy atom. The molecule has 0 aliphatic carbocycles. The lowest BCUT2D eigenvalue weighted by Gasteiger charge is -2.12. The van der Waals surface area contributed by atoms with Crippen LogP contribution >= 0.6 is 0 Å². The molecule has 0 spiro atoms. The molecule has 0 heterocycles. The molecule has 2 aromatic carbocycles. The maximum atomic E-state index is 12.2. The Morgan fingerprint density at radius 2 is 1.77 bits per heavy atom. The van der Waals surface area contributed by atoms with Crippen LogP contribution in [0.1, 0.15) is 22.8 Å². The molecule has 2 aromatic rings. The molecule has 0 saturated heterocycles. The van der Waals surface area contributed by atoms with Crippen molar-refractivity contribution in [2.45, 2.75) is 13.3 Å². The Labute approximate surface area is 152 Å². The Hall–Kier alpha value is -3.22. The van der Waals surface area contributed by atoms with Crippen LogP contribution in [0.3, 0.4) is 0 Å². The van der Waals surface area contributed by atoms with E-state index in [1.54, 1.807) is 49.6 Å². The van der Waals surface area contributed by atoms with Gasteiger partial charge in [0.25, 0.3) is 5.91 Å². The van der Waals surface area contributed by atoms with Crippen molar-refractivity contribution >= 4 is 11.8 Å². The number of amides is 2. The molecule has 0 fully saturated rings. The minimum absolute atomic E-state index is 0.115. The highest BCUT2D eigenvalue weighted by atomic mass is 16.5. The van der Waals surface area contributed by atoms with Crippen LogP contribution in [-0.2, 0) is 11.2 Å². The average molecular weight is 358 g/mol. The fourth-order valence-electron chi connectivity index (χ4n) is 2.29. The lowest BCUT2D eigenvalue weighted by Crippen LogP contribution is -2.42. The molecule has 0 aromatic heterocycles. The van der Waals surface area contributed by atoms with Gasteiger partial charge in [-0.05, 0) is 42.8 Å². The highest BCUT2D eigenvalue weighted by Gasteiger charge is 2.12. The smallest absolute Gasteiger partial charge is 0.269 e. The van der Waals surface area contributed by atoms with Gasteiger partial charge in [-0.2, -0.15) is 0 Å². The van der Waals surface area contributed by atoms with Crippen LogP contribution in [0.2, 0.25) is 0 Å². The third-order valence-corrected chi connectivity index (χ3v) is 3.54. The van der Waals surface area contributed by atoms with Crippen molar-refractivity contribution in [2.24, 2.45) is 0 Å². The van der Waals surface area contributed by atoms with E-state index in [2.05, 4.69) is 10.9 Å². The largest absolute Gasteiger partial charge is 0.497 e. The van der Waals surface area contributed by atoms with Crippen LogP contribution in [0, 0.1) is 0 Å². The van der Waals surface area contributed by atoms with E-state index in [1.807, 2.05) is 6.92 Å². The lowest BCUT2D eigenvalue weighted by atomic mass is 10.1. The second-order valence-corrected chi connectivity index (χ2v) is 5.33. The minimum Gasteiger partial charge on any atom is -0.497 e. The average Bonchev–Trinajstić information content (AvgIpc) is 2.66. The molecular weight excluding hydrogens is 336 g/mol. The van der Waals surface area contributed by atoms with E-state index in [0.29, 0.717) is 29.4 Å². The maximum Gasteiger partial charge on any atom is 0.269 e. The summed E-state index contributed by atoms with van der Waals surface area (Å²) >= 11 is 0. The number of carbonyl (C=O) groups is 2. The number of hydrogen-bond acceptors (Lipinski definition) is 5. The van der Waals surface area contributed by atoms with Gasteiger partial charge in [-0.25, -0.2) is 0 Å². The molecule has 2 rings (SSSR count). The first-order valence-electron chi connectivity index (χ1n) is 8.10. The molecule has 7 heteroatoms. The Balaban J connectivity index is 1.94. The summed E-state index contributed by atoms with van der Waals surface area (Å²) < 4.78 is 15.7. The van der Waals surface area contributed by atoms with E-state index in [4.69, 9.17) is 14.2 Å². The van der Waals surface area contributed by atoms with Crippen molar-refractivity contribution in [3.05, 3.63) is 53.6 Å². The molecule has 7 nitrogen and oxygen atoms in total. The molecular formula is C19H22N2O5. The summed E-state index contributed by atoms with van der Waals surface area (Å²) in [6.07, 6.45) is 0.115. The summed E-state index contributed by atoms with van der Waals surface area (Å²) in [5, 5.41) is 0. The van der Waals surface area contributed by atoms with Gasteiger partial charge in [0.05, 0.1) is 27.2 Å². The van der Waals surface area contributed by atoms with Gasteiger partial charge in [-0.1, -0.05) is 12.1 Å². The first kappa shape index (κ1) is 19.1. The highest BCUT2D eigenvalue weighted by Crippen LogP contribution is 2.27. The van der Waals surface area contributed by atoms with E-state index in [-0.39, 0.29) is 12.3 Å². The molecule has 0 aliphatic heterocycles. The third kappa shape index (κ3) is 5.14. The molecule has 0 bridgehead atoms. The first-order chi connectivity index (χ1) is 12.6. The van der Waals surface area contributed by atoms with Crippen LogP contribution < -0.4 is 25.1 Å². The third-order valence-electron chi connectivity index (χ3n) is 3.54. The number of methoxy groups -OCH3 is 2. The monoisotopic (exact) mass is 358 g/mol. The molecule has 0 aliphatic rings. The highest BCUT2D eigenvalue weighted by molar-refractivity contribution is 5.96. The van der Waals surface area contributed by atoms with E-state index < -0.39 is 5.91 Å². The Kier molecular flexibility index (Phi) is 6.84. The van der Waals surface area contributed by atoms with Crippen molar-refractivity contribution in [1.82, 2.24) is 10.9 Å². The number of carbonyl (C=O) groups excluding carboxylic acids is 2. The number of rotatable bonds is 7. The number of hydrogen-bond donors (Lipinski definition) is 2. The van der Waals surface area contributed by atoms with Gasteiger partial charge in [0, 0.05) is 5.56 Å². The molecule has 0 saturated carbocycles. The van der Waals surface area contributed by atoms with Crippen molar-refractivity contribution < 1.29 is 23.8 Å². The number of benzene rings is 2. The molecule has 2 amide bonds. The number of ether oxygens (including phenoxy) is 3. The van der Waals surface area contributed by atoms with E-state index >= 15 is 0 Å². The standard InChI is InChI=1S/C19H22N2O5/c1-4-26-16-9-8-14(12-17(16)25-3)19(23)21-20-18(22)11-13-6-5-7-15(10-13)24-2/h5-10,12H,4,11H2,1-3H3,(H,20,22)(H,21,23). The second-order valence-electron chi connectivity index (χ2n) is 5.33. The van der Waals surface area contributed by atoms with Crippen LogP contribution in [0.4, 0.5) is 0 Å². The summed E-state index contributed by atoms with van der Waals surface area (Å²) in [4.78, 5) is 24.2. The van der Waals surface area contributed by atoms with E-state index in [0.717, 1.165) is 5.56 Å². The first-order valence-corrected chi connectivity index (χ1v) is 8.10. The zero-order valence-corrected chi connectivity index (χ0v) is 15.0. The van der Waals surface area contributed by atoms with Crippen LogP contribution in [0.5, 0.6) is 17.2 Å². The number of hydrazine groups is 1. The normalized spacial score (nSPS) is 9.96. The molecule has 0 unspecified atom stereocenters. The van der Waals surface area contributed by atoms with Crippen molar-refractivity contribution in [3.63, 3.8) is 0 Å². The van der Waals surface area contributed by atoms with Crippen molar-refractivity contribution in [3.8, 4) is 17.2 Å². The lowest BCUT2D eigenvalue weighted by molar-refractivity contribution is -0.121. The predicted octanol–water partition coefficient (Wildman–Crippen LogP) is 2.11. The second kappa shape index (κ2) is 9.31. The van der Waals surface area contributed by atoms with Gasteiger partial charge in [0.2, 0.25) is 5.91 Å². The predicted molar refractivity (Wildman–Crippen MR) is 96.5 cm³/mol. The summed E-state index contributed by atoms with van der Waals surface area (Å²) in [6.45, 7) is 2.35. The maximum absolute atomic E-state index is 12.2. The Bertz CT molecular complexity index is 776. The van der Waals surface area contributed by atoms with Crippen molar-refractivity contribution in [1.29, 1.82) is 0 Å². The Morgan fingerprint density at radius 3 is 2.46 bits per heavy atom. The SMILES string of the molecule is CCOc1ccc(C(=O)NNC(=O)Cc2cccc(OC)c2)cc1OC. The molecule has 0 atom stereocenters. The van der Waals surface area contributed by atoms with Gasteiger partial charge in [0.1, 0.15) is 5.75 Å². The van der Waals surface area contributed by atoms with E-state index in [1.165, 1.54) is 7.11 Å². The topological polar surface area (TPSA) is 85.9 Å². The van der Waals surface area contributed by atoms with Crippen LogP contribution in [0.25, 0.3) is 0 Å². The fourth-order valence-corrected chi connectivity index (χ4v) is 2.29. The quantitative estimate of drug-likeness (QED) is 0.741.